The number of imide groups is 1. The van der Waals surface area contributed by atoms with Gasteiger partial charge >= 0.3 is 5.97 Å². The van der Waals surface area contributed by atoms with Gasteiger partial charge in [-0.2, -0.15) is 10.1 Å². The smallest absolute Gasteiger partial charge is 0.344 e. The monoisotopic (exact) mass is 404 g/mol. The molecule has 152 valence electrons. The van der Waals surface area contributed by atoms with Crippen molar-refractivity contribution in [2.24, 2.45) is 28.8 Å². The zero-order valence-corrected chi connectivity index (χ0v) is 16.3. The summed E-state index contributed by atoms with van der Waals surface area (Å²) in [6.07, 6.45) is 5.30. The van der Waals surface area contributed by atoms with Crippen molar-refractivity contribution in [3.05, 3.63) is 54.1 Å². The first-order chi connectivity index (χ1) is 14.5. The van der Waals surface area contributed by atoms with E-state index in [1.165, 1.54) is 13.1 Å². The first-order valence-electron chi connectivity index (χ1n) is 9.97. The average Bonchev–Trinajstić information content (AvgIpc) is 3.41. The SMILES string of the molecule is C[C@@H](Oc1ccc2ccccc2c1C=NN1C(=O)[C@@H]2[C@H](C1=O)[C@H]1C=C[C@H]2C1)C(=O)O. The normalized spacial score (nSPS) is 28.0. The Morgan fingerprint density at radius 2 is 1.80 bits per heavy atom. The summed E-state index contributed by atoms with van der Waals surface area (Å²) in [5, 5.41) is 16.1. The summed E-state index contributed by atoms with van der Waals surface area (Å²) in [5.74, 6) is -1.70. The zero-order chi connectivity index (χ0) is 21.0. The van der Waals surface area contributed by atoms with Gasteiger partial charge < -0.3 is 9.84 Å². The lowest BCUT2D eigenvalue weighted by Crippen LogP contribution is -2.28. The first-order valence-corrected chi connectivity index (χ1v) is 9.97. The molecule has 1 aliphatic heterocycles. The average molecular weight is 404 g/mol. The van der Waals surface area contributed by atoms with E-state index in [-0.39, 0.29) is 35.5 Å². The van der Waals surface area contributed by atoms with Gasteiger partial charge in [0.25, 0.3) is 11.8 Å². The van der Waals surface area contributed by atoms with Gasteiger partial charge in [0.05, 0.1) is 18.1 Å². The zero-order valence-electron chi connectivity index (χ0n) is 16.3. The van der Waals surface area contributed by atoms with Gasteiger partial charge in [0, 0.05) is 5.56 Å². The van der Waals surface area contributed by atoms with Crippen LogP contribution in [0.15, 0.2) is 53.7 Å². The molecule has 0 spiro atoms. The topological polar surface area (TPSA) is 96.3 Å². The standard InChI is InChI=1S/C23H20N2O5/c1-12(23(28)29)30-18-9-8-13-4-2-3-5-16(13)17(18)11-24-25-21(26)19-14-6-7-15(10-14)20(19)22(25)27/h2-9,11-12,14-15,19-20H,10H2,1H3,(H,28,29)/t12-,14+,15+,19-,20+/m1/s1. The number of benzene rings is 2. The molecule has 2 amide bonds. The number of carbonyl (C=O) groups excluding carboxylic acids is 2. The van der Waals surface area contributed by atoms with Gasteiger partial charge in [-0.15, -0.1) is 0 Å². The Bertz CT molecular complexity index is 1110. The van der Waals surface area contributed by atoms with E-state index in [4.69, 9.17) is 4.74 Å². The largest absolute Gasteiger partial charge is 0.479 e. The number of rotatable bonds is 5. The fourth-order valence-corrected chi connectivity index (χ4v) is 4.87. The first kappa shape index (κ1) is 18.5. The van der Waals surface area contributed by atoms with Crippen molar-refractivity contribution < 1.29 is 24.2 Å². The molecule has 2 bridgehead atoms. The van der Waals surface area contributed by atoms with Crippen LogP contribution in [0.5, 0.6) is 5.75 Å². The van der Waals surface area contributed by atoms with Crippen molar-refractivity contribution in [2.75, 3.05) is 0 Å². The fraction of sp³-hybridized carbons (Fsp3) is 0.304. The van der Waals surface area contributed by atoms with Crippen LogP contribution in [0.4, 0.5) is 0 Å². The highest BCUT2D eigenvalue weighted by molar-refractivity contribution is 6.08. The number of allylic oxidation sites excluding steroid dienone is 2. The van der Waals surface area contributed by atoms with Crippen molar-refractivity contribution >= 4 is 34.8 Å². The van der Waals surface area contributed by atoms with E-state index in [0.717, 1.165) is 22.2 Å². The number of amides is 2. The number of carboxylic acids is 1. The predicted octanol–water partition coefficient (Wildman–Crippen LogP) is 2.83. The molecule has 30 heavy (non-hydrogen) atoms. The Hall–Kier alpha value is -3.48. The molecule has 0 aromatic heterocycles. The summed E-state index contributed by atoms with van der Waals surface area (Å²) in [6.45, 7) is 1.44. The second-order valence-corrected chi connectivity index (χ2v) is 8.03. The molecule has 7 heteroatoms. The van der Waals surface area contributed by atoms with Gasteiger partial charge in [-0.25, -0.2) is 4.79 Å². The molecule has 1 N–H and O–H groups in total. The maximum atomic E-state index is 12.9. The number of nitrogens with zero attached hydrogens (tertiary/aromatic N) is 2. The summed E-state index contributed by atoms with van der Waals surface area (Å²) >= 11 is 0. The van der Waals surface area contributed by atoms with E-state index in [2.05, 4.69) is 5.10 Å². The number of hydrogen-bond acceptors (Lipinski definition) is 5. The summed E-state index contributed by atoms with van der Waals surface area (Å²) in [5.41, 5.74) is 0.528. The van der Waals surface area contributed by atoms with Gasteiger partial charge in [-0.05, 0) is 42.0 Å². The molecule has 2 aromatic rings. The number of hydrazone groups is 1. The van der Waals surface area contributed by atoms with Crippen LogP contribution < -0.4 is 4.74 Å². The minimum atomic E-state index is -1.09. The van der Waals surface area contributed by atoms with E-state index < -0.39 is 12.1 Å². The van der Waals surface area contributed by atoms with Crippen LogP contribution in [0.1, 0.15) is 18.9 Å². The van der Waals surface area contributed by atoms with Gasteiger partial charge in [-0.3, -0.25) is 9.59 Å². The van der Waals surface area contributed by atoms with Gasteiger partial charge in [-0.1, -0.05) is 42.5 Å². The molecule has 7 nitrogen and oxygen atoms in total. The molecule has 1 saturated heterocycles. The molecule has 3 aliphatic rings. The van der Waals surface area contributed by atoms with Crippen LogP contribution in [0.2, 0.25) is 0 Å². The fourth-order valence-electron chi connectivity index (χ4n) is 4.87. The molecule has 1 heterocycles. The number of carbonyl (C=O) groups is 3. The molecule has 1 saturated carbocycles. The maximum absolute atomic E-state index is 12.9. The van der Waals surface area contributed by atoms with Crippen LogP contribution in [0.3, 0.4) is 0 Å². The van der Waals surface area contributed by atoms with Crippen molar-refractivity contribution in [1.29, 1.82) is 0 Å². The molecular formula is C23H20N2O5. The molecule has 5 rings (SSSR count). The molecule has 2 aromatic carbocycles. The van der Waals surface area contributed by atoms with E-state index in [1.54, 1.807) is 6.07 Å². The highest BCUT2D eigenvalue weighted by Gasteiger charge is 2.59. The van der Waals surface area contributed by atoms with Crippen LogP contribution >= 0.6 is 0 Å². The Kier molecular flexibility index (Phi) is 4.20. The van der Waals surface area contributed by atoms with Gasteiger partial charge in [0.1, 0.15) is 5.75 Å². The van der Waals surface area contributed by atoms with Crippen molar-refractivity contribution in [1.82, 2.24) is 5.01 Å². The Morgan fingerprint density at radius 1 is 1.13 bits per heavy atom. The lowest BCUT2D eigenvalue weighted by atomic mass is 9.85. The van der Waals surface area contributed by atoms with E-state index >= 15 is 0 Å². The molecular weight excluding hydrogens is 384 g/mol. The molecule has 2 fully saturated rings. The molecule has 2 aliphatic carbocycles. The van der Waals surface area contributed by atoms with Crippen LogP contribution in [-0.4, -0.2) is 40.2 Å². The molecule has 0 radical (unpaired) electrons. The highest BCUT2D eigenvalue weighted by Crippen LogP contribution is 2.52. The third-order valence-electron chi connectivity index (χ3n) is 6.33. The van der Waals surface area contributed by atoms with Gasteiger partial charge in [0.2, 0.25) is 0 Å². The van der Waals surface area contributed by atoms with Gasteiger partial charge in [0.15, 0.2) is 6.10 Å². The number of carboxylic acid groups (broad SMARTS) is 1. The molecule has 5 atom stereocenters. The minimum absolute atomic E-state index is 0.115. The summed E-state index contributed by atoms with van der Waals surface area (Å²) in [4.78, 5) is 37.0. The molecule has 0 unspecified atom stereocenters. The van der Waals surface area contributed by atoms with E-state index in [0.29, 0.717) is 11.3 Å². The van der Waals surface area contributed by atoms with E-state index in [9.17, 15) is 19.5 Å². The van der Waals surface area contributed by atoms with Crippen molar-refractivity contribution in [2.45, 2.75) is 19.4 Å². The third-order valence-corrected chi connectivity index (χ3v) is 6.33. The van der Waals surface area contributed by atoms with E-state index in [1.807, 2.05) is 42.5 Å². The van der Waals surface area contributed by atoms with Crippen molar-refractivity contribution in [3.8, 4) is 5.75 Å². The lowest BCUT2D eigenvalue weighted by Gasteiger charge is -2.15. The minimum Gasteiger partial charge on any atom is -0.479 e. The second kappa shape index (κ2) is 6.79. The van der Waals surface area contributed by atoms with Crippen LogP contribution in [0.25, 0.3) is 10.8 Å². The third kappa shape index (κ3) is 2.73. The summed E-state index contributed by atoms with van der Waals surface area (Å²) in [7, 11) is 0. The van der Waals surface area contributed by atoms with Crippen LogP contribution in [0, 0.1) is 23.7 Å². The summed E-state index contributed by atoms with van der Waals surface area (Å²) < 4.78 is 5.61. The second-order valence-electron chi connectivity index (χ2n) is 8.03. The Morgan fingerprint density at radius 3 is 2.47 bits per heavy atom. The van der Waals surface area contributed by atoms with Crippen molar-refractivity contribution in [3.63, 3.8) is 0 Å². The lowest BCUT2D eigenvalue weighted by molar-refractivity contribution is -0.144. The quantitative estimate of drug-likeness (QED) is 0.470. The number of fused-ring (bicyclic) bond motifs is 6. The number of aliphatic carboxylic acids is 1. The summed E-state index contributed by atoms with van der Waals surface area (Å²) in [6, 6.07) is 11.0. The number of ether oxygens (including phenoxy) is 1. The maximum Gasteiger partial charge on any atom is 0.344 e. The number of hydrogen-bond donors (Lipinski definition) is 1. The van der Waals surface area contributed by atoms with Crippen LogP contribution in [-0.2, 0) is 14.4 Å². The Balaban J connectivity index is 1.51. The Labute approximate surface area is 172 Å². The predicted molar refractivity (Wildman–Crippen MR) is 109 cm³/mol. The highest BCUT2D eigenvalue weighted by atomic mass is 16.5.